The molecule has 0 bridgehead atoms. The molecule has 16 heteroatoms. The number of halogens is 5. The van der Waals surface area contributed by atoms with Crippen LogP contribution in [0.4, 0.5) is 17.6 Å². The van der Waals surface area contributed by atoms with Crippen LogP contribution in [0.5, 0.6) is 0 Å². The Kier molecular flexibility index (Phi) is 6.60. The van der Waals surface area contributed by atoms with Gasteiger partial charge in [0.1, 0.15) is 6.54 Å². The molecular formula is C20H15ClF4N8O3. The molecule has 4 rings (SSSR count). The molecule has 0 radical (unpaired) electrons. The van der Waals surface area contributed by atoms with E-state index in [9.17, 15) is 32.3 Å². The zero-order chi connectivity index (χ0) is 26.2. The van der Waals surface area contributed by atoms with Crippen molar-refractivity contribution in [3.05, 3.63) is 75.6 Å². The summed E-state index contributed by atoms with van der Waals surface area (Å²) in [5.41, 5.74) is 4.50. The van der Waals surface area contributed by atoms with Gasteiger partial charge in [-0.05, 0) is 36.4 Å². The van der Waals surface area contributed by atoms with Crippen molar-refractivity contribution in [3.63, 3.8) is 0 Å². The average Bonchev–Trinajstić information content (AvgIpc) is 3.36. The Bertz CT molecular complexity index is 1480. The van der Waals surface area contributed by atoms with Crippen LogP contribution in [0, 0.1) is 5.82 Å². The molecule has 0 fully saturated rings. The topological polar surface area (TPSA) is 147 Å². The van der Waals surface area contributed by atoms with Crippen molar-refractivity contribution >= 4 is 17.5 Å². The lowest BCUT2D eigenvalue weighted by molar-refractivity contribution is -0.207. The maximum Gasteiger partial charge on any atom is 0.416 e. The first-order chi connectivity index (χ1) is 17.0. The highest BCUT2D eigenvalue weighted by Gasteiger charge is 2.39. The monoisotopic (exact) mass is 526 g/mol. The van der Waals surface area contributed by atoms with Crippen LogP contribution in [-0.2, 0) is 13.1 Å². The number of hydrogen-bond donors (Lipinski definition) is 2. The lowest BCUT2D eigenvalue weighted by atomic mass is 10.2. The summed E-state index contributed by atoms with van der Waals surface area (Å²) in [4.78, 5) is 32.5. The summed E-state index contributed by atoms with van der Waals surface area (Å²) in [5, 5.41) is 17.9. The number of aromatic nitrogens is 7. The van der Waals surface area contributed by atoms with Gasteiger partial charge in [0.15, 0.2) is 29.4 Å². The molecule has 1 atom stereocenters. The minimum atomic E-state index is -5.00. The molecule has 3 heterocycles. The molecule has 0 spiro atoms. The van der Waals surface area contributed by atoms with E-state index in [1.807, 2.05) is 0 Å². The van der Waals surface area contributed by atoms with E-state index in [0.29, 0.717) is 9.59 Å². The highest BCUT2D eigenvalue weighted by molar-refractivity contribution is 6.30. The summed E-state index contributed by atoms with van der Waals surface area (Å²) in [6, 6.07) is 8.09. The summed E-state index contributed by atoms with van der Waals surface area (Å²) < 4.78 is 55.3. The third-order valence-corrected chi connectivity index (χ3v) is 5.11. The van der Waals surface area contributed by atoms with Gasteiger partial charge < -0.3 is 10.8 Å². The number of carbonyl (C=O) groups excluding carboxylic acids is 1. The fourth-order valence-electron chi connectivity index (χ4n) is 3.19. The number of aliphatic hydroxyl groups excluding tert-OH is 1. The largest absolute Gasteiger partial charge is 0.416 e. The Labute approximate surface area is 203 Å². The van der Waals surface area contributed by atoms with Crippen LogP contribution >= 0.6 is 11.6 Å². The summed E-state index contributed by atoms with van der Waals surface area (Å²) in [6.45, 7) is -1.68. The summed E-state index contributed by atoms with van der Waals surface area (Å²) >= 11 is 5.86. The van der Waals surface area contributed by atoms with Crippen LogP contribution in [-0.4, -0.2) is 57.4 Å². The zero-order valence-electron chi connectivity index (χ0n) is 17.9. The van der Waals surface area contributed by atoms with Crippen molar-refractivity contribution < 1.29 is 27.5 Å². The second kappa shape index (κ2) is 9.50. The first-order valence-electron chi connectivity index (χ1n) is 10.0. The maximum absolute atomic E-state index is 14.2. The number of amides is 1. The van der Waals surface area contributed by atoms with Gasteiger partial charge in [0.25, 0.3) is 5.91 Å². The van der Waals surface area contributed by atoms with Crippen molar-refractivity contribution in [2.75, 3.05) is 0 Å². The average molecular weight is 527 g/mol. The van der Waals surface area contributed by atoms with Crippen LogP contribution in [0.1, 0.15) is 16.4 Å². The Hall–Kier alpha value is -4.11. The van der Waals surface area contributed by atoms with E-state index >= 15 is 0 Å². The number of nitrogens with two attached hydrogens (primary N) is 1. The summed E-state index contributed by atoms with van der Waals surface area (Å²) in [6.07, 6.45) is -6.62. The number of carbonyl (C=O) groups is 1. The molecule has 36 heavy (non-hydrogen) atoms. The second-order valence-electron chi connectivity index (χ2n) is 7.38. The second-order valence-corrected chi connectivity index (χ2v) is 7.81. The first kappa shape index (κ1) is 25.0. The van der Waals surface area contributed by atoms with E-state index in [1.54, 1.807) is 0 Å². The van der Waals surface area contributed by atoms with Crippen LogP contribution in [0.25, 0.3) is 17.2 Å². The van der Waals surface area contributed by atoms with E-state index in [-0.39, 0.29) is 17.2 Å². The van der Waals surface area contributed by atoms with Gasteiger partial charge >= 0.3 is 11.9 Å². The first-order valence-corrected chi connectivity index (χ1v) is 10.4. The molecule has 0 unspecified atom stereocenters. The molecular weight excluding hydrogens is 512 g/mol. The predicted octanol–water partition coefficient (Wildman–Crippen LogP) is 1.55. The number of pyridine rings is 1. The lowest BCUT2D eigenvalue weighted by Gasteiger charge is -2.15. The molecule has 0 saturated heterocycles. The van der Waals surface area contributed by atoms with E-state index < -0.39 is 54.4 Å². The lowest BCUT2D eigenvalue weighted by Crippen LogP contribution is -2.37. The quantitative estimate of drug-likeness (QED) is 0.347. The van der Waals surface area contributed by atoms with Crippen LogP contribution < -0.4 is 11.4 Å². The van der Waals surface area contributed by atoms with Gasteiger partial charge in [-0.15, -0.1) is 10.2 Å². The number of alkyl halides is 3. The zero-order valence-corrected chi connectivity index (χ0v) is 18.7. The number of benzene rings is 1. The highest BCUT2D eigenvalue weighted by Crippen LogP contribution is 2.24. The fourth-order valence-corrected chi connectivity index (χ4v) is 3.32. The van der Waals surface area contributed by atoms with E-state index in [1.165, 1.54) is 36.5 Å². The Morgan fingerprint density at radius 2 is 1.86 bits per heavy atom. The SMILES string of the molecule is NC(=O)c1nc(Cn2nc(-c3ccc(Cl)cc3)n(C[C@H](O)C(F)(F)F)c2=O)nn1-c1ncccc1F. The van der Waals surface area contributed by atoms with Crippen LogP contribution in [0.2, 0.25) is 5.02 Å². The van der Waals surface area contributed by atoms with Gasteiger partial charge in [-0.3, -0.25) is 9.36 Å². The number of nitrogens with zero attached hydrogens (tertiary/aromatic N) is 7. The number of aliphatic hydroxyl groups is 1. The smallest absolute Gasteiger partial charge is 0.382 e. The normalized spacial score (nSPS) is 12.6. The predicted molar refractivity (Wildman–Crippen MR) is 116 cm³/mol. The maximum atomic E-state index is 14.2. The Morgan fingerprint density at radius 1 is 1.17 bits per heavy atom. The molecule has 4 aromatic rings. The van der Waals surface area contributed by atoms with E-state index in [2.05, 4.69) is 20.2 Å². The van der Waals surface area contributed by atoms with Crippen molar-refractivity contribution in [1.29, 1.82) is 0 Å². The van der Waals surface area contributed by atoms with Crippen molar-refractivity contribution in [2.45, 2.75) is 25.4 Å². The molecule has 3 aromatic heterocycles. The summed E-state index contributed by atoms with van der Waals surface area (Å²) in [7, 11) is 0. The van der Waals surface area contributed by atoms with Crippen LogP contribution in [0.15, 0.2) is 47.4 Å². The molecule has 0 saturated carbocycles. The molecule has 1 amide bonds. The molecule has 11 nitrogen and oxygen atoms in total. The fraction of sp³-hybridized carbons (Fsp3) is 0.200. The molecule has 0 aliphatic heterocycles. The van der Waals surface area contributed by atoms with Gasteiger partial charge in [0.2, 0.25) is 5.82 Å². The summed E-state index contributed by atoms with van der Waals surface area (Å²) in [5.74, 6) is -3.25. The van der Waals surface area contributed by atoms with Crippen LogP contribution in [0.3, 0.4) is 0 Å². The van der Waals surface area contributed by atoms with E-state index in [0.717, 1.165) is 15.4 Å². The molecule has 3 N–H and O–H groups in total. The highest BCUT2D eigenvalue weighted by atomic mass is 35.5. The molecule has 188 valence electrons. The number of hydrogen-bond acceptors (Lipinski definition) is 7. The van der Waals surface area contributed by atoms with Crippen molar-refractivity contribution in [2.24, 2.45) is 5.73 Å². The van der Waals surface area contributed by atoms with Crippen molar-refractivity contribution in [3.8, 4) is 17.2 Å². The minimum absolute atomic E-state index is 0.203. The molecule has 1 aromatic carbocycles. The number of rotatable bonds is 7. The third kappa shape index (κ3) is 4.96. The van der Waals surface area contributed by atoms with Gasteiger partial charge in [-0.1, -0.05) is 11.6 Å². The molecule has 0 aliphatic carbocycles. The standard InChI is InChI=1S/C20H15ClF4N8O3/c21-11-5-3-10(4-6-11)16-30-32(19(36)31(16)8-13(34)20(23,24)25)9-14-28-18(15(26)35)33(29-14)17-12(22)2-1-7-27-17/h1-7,13,34H,8-9H2,(H2,26,35)/t13-/m0/s1. The third-order valence-electron chi connectivity index (χ3n) is 4.86. The Balaban J connectivity index is 1.78. The van der Waals surface area contributed by atoms with Gasteiger partial charge in [-0.2, -0.15) is 17.9 Å². The van der Waals surface area contributed by atoms with Gasteiger partial charge in [0, 0.05) is 16.8 Å². The number of primary amides is 1. The Morgan fingerprint density at radius 3 is 2.47 bits per heavy atom. The van der Waals surface area contributed by atoms with Crippen molar-refractivity contribution in [1.82, 2.24) is 34.1 Å². The molecule has 0 aliphatic rings. The van der Waals surface area contributed by atoms with Gasteiger partial charge in [0.05, 0.1) is 6.54 Å². The van der Waals surface area contributed by atoms with Gasteiger partial charge in [-0.25, -0.2) is 23.8 Å². The van der Waals surface area contributed by atoms with E-state index in [4.69, 9.17) is 17.3 Å². The minimum Gasteiger partial charge on any atom is -0.382 e.